The van der Waals surface area contributed by atoms with E-state index in [1.54, 1.807) is 12.1 Å². The van der Waals surface area contributed by atoms with Gasteiger partial charge in [0.25, 0.3) is 0 Å². The van der Waals surface area contributed by atoms with E-state index in [0.717, 1.165) is 18.7 Å². The molecule has 1 heterocycles. The van der Waals surface area contributed by atoms with E-state index in [-0.39, 0.29) is 12.1 Å². The molecule has 1 saturated carbocycles. The molecule has 0 aliphatic heterocycles. The molecule has 0 spiro atoms. The first-order valence-electron chi connectivity index (χ1n) is 5.95. The maximum absolute atomic E-state index is 10.9. The summed E-state index contributed by atoms with van der Waals surface area (Å²) in [6, 6.07) is 3.89. The minimum atomic E-state index is -0.460. The average molecular weight is 234 g/mol. The second-order valence-corrected chi connectivity index (χ2v) is 4.50. The van der Waals surface area contributed by atoms with Crippen molar-refractivity contribution in [1.29, 1.82) is 0 Å². The Labute approximate surface area is 101 Å². The highest BCUT2D eigenvalue weighted by Gasteiger charge is 2.21. The molecule has 1 aliphatic rings. The Balaban J connectivity index is 2.00. The van der Waals surface area contributed by atoms with E-state index < -0.39 is 5.91 Å². The molecule has 0 radical (unpaired) electrons. The standard InChI is InChI=1S/C12H18N4O/c13-9-3-1-2-4-10(9)16-11-6-5-8(7-15-11)12(14)17/h5-7,9-10H,1-4,13H2,(H2,14,17)(H,15,16). The first-order valence-corrected chi connectivity index (χ1v) is 5.95. The molecule has 0 bridgehead atoms. The second-order valence-electron chi connectivity index (χ2n) is 4.50. The molecule has 2 rings (SSSR count). The quantitative estimate of drug-likeness (QED) is 0.723. The van der Waals surface area contributed by atoms with Crippen molar-refractivity contribution >= 4 is 11.7 Å². The largest absolute Gasteiger partial charge is 0.366 e. The molecular weight excluding hydrogens is 216 g/mol. The summed E-state index contributed by atoms with van der Waals surface area (Å²) in [5.74, 6) is 0.288. The highest BCUT2D eigenvalue weighted by molar-refractivity contribution is 5.92. The zero-order valence-corrected chi connectivity index (χ0v) is 9.73. The summed E-state index contributed by atoms with van der Waals surface area (Å²) in [6.07, 6.45) is 6.01. The number of hydrogen-bond acceptors (Lipinski definition) is 4. The number of nitrogens with two attached hydrogens (primary N) is 2. The van der Waals surface area contributed by atoms with Crippen LogP contribution in [0.5, 0.6) is 0 Å². The third kappa shape index (κ3) is 2.94. The molecule has 1 aliphatic carbocycles. The van der Waals surface area contributed by atoms with Gasteiger partial charge in [0.15, 0.2) is 0 Å². The fraction of sp³-hybridized carbons (Fsp3) is 0.500. The van der Waals surface area contributed by atoms with E-state index in [2.05, 4.69) is 10.3 Å². The van der Waals surface area contributed by atoms with Crippen LogP contribution in [0.2, 0.25) is 0 Å². The molecule has 5 N–H and O–H groups in total. The van der Waals surface area contributed by atoms with E-state index in [1.807, 2.05) is 0 Å². The molecule has 2 atom stereocenters. The number of pyridine rings is 1. The van der Waals surface area contributed by atoms with E-state index >= 15 is 0 Å². The second kappa shape index (κ2) is 5.14. The number of anilines is 1. The molecule has 92 valence electrons. The van der Waals surface area contributed by atoms with Gasteiger partial charge in [-0.3, -0.25) is 4.79 Å². The van der Waals surface area contributed by atoms with Crippen LogP contribution in [0.3, 0.4) is 0 Å². The predicted molar refractivity (Wildman–Crippen MR) is 66.6 cm³/mol. The number of primary amides is 1. The Morgan fingerprint density at radius 2 is 2.12 bits per heavy atom. The van der Waals surface area contributed by atoms with Gasteiger partial charge in [-0.25, -0.2) is 4.98 Å². The van der Waals surface area contributed by atoms with Gasteiger partial charge in [-0.1, -0.05) is 12.8 Å². The van der Waals surface area contributed by atoms with E-state index in [1.165, 1.54) is 19.0 Å². The predicted octanol–water partition coefficient (Wildman–Crippen LogP) is 0.862. The number of hydrogen-bond donors (Lipinski definition) is 3. The molecule has 1 fully saturated rings. The lowest BCUT2D eigenvalue weighted by Gasteiger charge is -2.29. The van der Waals surface area contributed by atoms with Crippen molar-refractivity contribution in [2.75, 3.05) is 5.32 Å². The van der Waals surface area contributed by atoms with Crippen molar-refractivity contribution in [3.05, 3.63) is 23.9 Å². The minimum Gasteiger partial charge on any atom is -0.366 e. The number of amides is 1. The Kier molecular flexibility index (Phi) is 3.58. The first kappa shape index (κ1) is 11.9. The maximum atomic E-state index is 10.9. The lowest BCUT2D eigenvalue weighted by Crippen LogP contribution is -2.42. The van der Waals surface area contributed by atoms with Crippen LogP contribution in [0, 0.1) is 0 Å². The monoisotopic (exact) mass is 234 g/mol. The number of carbonyl (C=O) groups is 1. The molecule has 0 saturated heterocycles. The zero-order chi connectivity index (χ0) is 12.3. The van der Waals surface area contributed by atoms with Crippen LogP contribution >= 0.6 is 0 Å². The van der Waals surface area contributed by atoms with Crippen molar-refractivity contribution in [2.24, 2.45) is 11.5 Å². The van der Waals surface area contributed by atoms with Crippen LogP contribution < -0.4 is 16.8 Å². The van der Waals surface area contributed by atoms with Gasteiger partial charge in [-0.15, -0.1) is 0 Å². The SMILES string of the molecule is NC(=O)c1ccc(NC2CCCCC2N)nc1. The fourth-order valence-electron chi connectivity index (χ4n) is 2.15. The summed E-state index contributed by atoms with van der Waals surface area (Å²) in [4.78, 5) is 15.1. The normalized spacial score (nSPS) is 24.3. The molecule has 17 heavy (non-hydrogen) atoms. The van der Waals surface area contributed by atoms with Crippen molar-refractivity contribution in [2.45, 2.75) is 37.8 Å². The van der Waals surface area contributed by atoms with Gasteiger partial charge in [0, 0.05) is 18.3 Å². The van der Waals surface area contributed by atoms with Crippen molar-refractivity contribution in [1.82, 2.24) is 4.98 Å². The van der Waals surface area contributed by atoms with E-state index in [0.29, 0.717) is 5.56 Å². The molecule has 1 amide bonds. The third-order valence-electron chi connectivity index (χ3n) is 3.20. The lowest BCUT2D eigenvalue weighted by atomic mass is 9.91. The van der Waals surface area contributed by atoms with Crippen LogP contribution in [0.15, 0.2) is 18.3 Å². The summed E-state index contributed by atoms with van der Waals surface area (Å²) in [5.41, 5.74) is 11.6. The third-order valence-corrected chi connectivity index (χ3v) is 3.20. The van der Waals surface area contributed by atoms with Crippen molar-refractivity contribution < 1.29 is 4.79 Å². The number of nitrogens with zero attached hydrogens (tertiary/aromatic N) is 1. The van der Waals surface area contributed by atoms with Gasteiger partial charge in [0.2, 0.25) is 5.91 Å². The number of rotatable bonds is 3. The number of nitrogens with one attached hydrogen (secondary N) is 1. The van der Waals surface area contributed by atoms with Crippen molar-refractivity contribution in [3.8, 4) is 0 Å². The molecule has 5 nitrogen and oxygen atoms in total. The summed E-state index contributed by atoms with van der Waals surface area (Å²) in [6.45, 7) is 0. The molecule has 0 aromatic carbocycles. The van der Waals surface area contributed by atoms with Crippen LogP contribution in [-0.2, 0) is 0 Å². The Hall–Kier alpha value is -1.62. The van der Waals surface area contributed by atoms with E-state index in [9.17, 15) is 4.79 Å². The first-order chi connectivity index (χ1) is 8.16. The highest BCUT2D eigenvalue weighted by atomic mass is 16.1. The summed E-state index contributed by atoms with van der Waals surface area (Å²) < 4.78 is 0. The van der Waals surface area contributed by atoms with Gasteiger partial charge < -0.3 is 16.8 Å². The molecule has 1 aromatic heterocycles. The smallest absolute Gasteiger partial charge is 0.250 e. The van der Waals surface area contributed by atoms with Crippen LogP contribution in [0.4, 0.5) is 5.82 Å². The zero-order valence-electron chi connectivity index (χ0n) is 9.73. The summed E-state index contributed by atoms with van der Waals surface area (Å²) >= 11 is 0. The van der Waals surface area contributed by atoms with Crippen LogP contribution in [0.25, 0.3) is 0 Å². The molecule has 1 aromatic rings. The fourth-order valence-corrected chi connectivity index (χ4v) is 2.15. The van der Waals surface area contributed by atoms with Crippen LogP contribution in [-0.4, -0.2) is 23.0 Å². The van der Waals surface area contributed by atoms with Gasteiger partial charge in [0.1, 0.15) is 5.82 Å². The van der Waals surface area contributed by atoms with Gasteiger partial charge in [0.05, 0.1) is 5.56 Å². The Bertz CT molecular complexity index is 390. The van der Waals surface area contributed by atoms with Crippen molar-refractivity contribution in [3.63, 3.8) is 0 Å². The maximum Gasteiger partial charge on any atom is 0.250 e. The minimum absolute atomic E-state index is 0.182. The van der Waals surface area contributed by atoms with E-state index in [4.69, 9.17) is 11.5 Å². The molecule has 5 heteroatoms. The van der Waals surface area contributed by atoms with Gasteiger partial charge in [-0.2, -0.15) is 0 Å². The summed E-state index contributed by atoms with van der Waals surface area (Å²) in [7, 11) is 0. The summed E-state index contributed by atoms with van der Waals surface area (Å²) in [5, 5.41) is 3.31. The average Bonchev–Trinajstić information content (AvgIpc) is 2.33. The van der Waals surface area contributed by atoms with Gasteiger partial charge >= 0.3 is 0 Å². The lowest BCUT2D eigenvalue weighted by molar-refractivity contribution is 0.1000. The Morgan fingerprint density at radius 3 is 2.71 bits per heavy atom. The number of aromatic nitrogens is 1. The van der Waals surface area contributed by atoms with Crippen LogP contribution in [0.1, 0.15) is 36.0 Å². The Morgan fingerprint density at radius 1 is 1.35 bits per heavy atom. The highest BCUT2D eigenvalue weighted by Crippen LogP contribution is 2.20. The number of carbonyl (C=O) groups excluding carboxylic acids is 1. The topological polar surface area (TPSA) is 94.0 Å². The molecule has 2 unspecified atom stereocenters. The molecular formula is C12H18N4O. The van der Waals surface area contributed by atoms with Gasteiger partial charge in [-0.05, 0) is 25.0 Å².